The third kappa shape index (κ3) is 4.82. The summed E-state index contributed by atoms with van der Waals surface area (Å²) in [6.07, 6.45) is 0. The first kappa shape index (κ1) is 20.2. The van der Waals surface area contributed by atoms with Crippen LogP contribution < -0.4 is 14.4 Å². The van der Waals surface area contributed by atoms with Gasteiger partial charge >= 0.3 is 0 Å². The van der Waals surface area contributed by atoms with Crippen molar-refractivity contribution in [3.63, 3.8) is 0 Å². The standard InChI is InChI=1S/C19H23ClN4O4/c1-26-11-12-28-18-6-5-17(21-22-18)23-7-9-24(10-8-23)19(25)15-13-14(20)3-4-16(15)27-2/h3-6,13H,7-12H2,1-2H3. The number of hydrogen-bond donors (Lipinski definition) is 0. The van der Waals surface area contributed by atoms with Crippen LogP contribution >= 0.6 is 11.6 Å². The van der Waals surface area contributed by atoms with Crippen LogP contribution in [0.25, 0.3) is 0 Å². The zero-order valence-corrected chi connectivity index (χ0v) is 16.7. The van der Waals surface area contributed by atoms with Gasteiger partial charge in [-0.1, -0.05) is 11.6 Å². The predicted molar refractivity (Wildman–Crippen MR) is 106 cm³/mol. The van der Waals surface area contributed by atoms with Gasteiger partial charge in [-0.25, -0.2) is 0 Å². The molecule has 3 rings (SSSR count). The lowest BCUT2D eigenvalue weighted by atomic mass is 10.1. The number of anilines is 1. The lowest BCUT2D eigenvalue weighted by Crippen LogP contribution is -2.49. The molecule has 2 heterocycles. The zero-order valence-electron chi connectivity index (χ0n) is 15.9. The van der Waals surface area contributed by atoms with Crippen LogP contribution in [-0.4, -0.2) is 74.6 Å². The Morgan fingerprint density at radius 1 is 1.07 bits per heavy atom. The Labute approximate surface area is 168 Å². The molecule has 150 valence electrons. The van der Waals surface area contributed by atoms with Gasteiger partial charge in [0.2, 0.25) is 5.88 Å². The van der Waals surface area contributed by atoms with Gasteiger partial charge in [-0.15, -0.1) is 10.2 Å². The maximum Gasteiger partial charge on any atom is 0.257 e. The molecule has 1 aliphatic heterocycles. The second-order valence-corrected chi connectivity index (χ2v) is 6.63. The molecule has 0 N–H and O–H groups in total. The Morgan fingerprint density at radius 2 is 1.86 bits per heavy atom. The number of aromatic nitrogens is 2. The van der Waals surface area contributed by atoms with E-state index in [9.17, 15) is 4.79 Å². The number of ether oxygens (including phenoxy) is 3. The van der Waals surface area contributed by atoms with Gasteiger partial charge in [0.25, 0.3) is 5.91 Å². The molecule has 0 atom stereocenters. The first-order valence-corrected chi connectivity index (χ1v) is 9.33. The minimum atomic E-state index is -0.0908. The summed E-state index contributed by atoms with van der Waals surface area (Å²) in [6, 6.07) is 8.70. The normalized spacial score (nSPS) is 14.1. The Hall–Kier alpha value is -2.58. The van der Waals surface area contributed by atoms with Crippen LogP contribution in [-0.2, 0) is 4.74 Å². The molecule has 1 fully saturated rings. The van der Waals surface area contributed by atoms with Gasteiger partial charge in [0.1, 0.15) is 12.4 Å². The van der Waals surface area contributed by atoms with Gasteiger partial charge < -0.3 is 24.0 Å². The van der Waals surface area contributed by atoms with Gasteiger partial charge in [0.15, 0.2) is 5.82 Å². The largest absolute Gasteiger partial charge is 0.496 e. The molecule has 8 nitrogen and oxygen atoms in total. The number of rotatable bonds is 7. The number of halogens is 1. The molecule has 1 amide bonds. The van der Waals surface area contributed by atoms with Gasteiger partial charge in [0, 0.05) is 44.4 Å². The van der Waals surface area contributed by atoms with Crippen molar-refractivity contribution in [3.05, 3.63) is 40.9 Å². The van der Waals surface area contributed by atoms with Crippen molar-refractivity contribution in [1.82, 2.24) is 15.1 Å². The molecule has 1 aromatic carbocycles. The van der Waals surface area contributed by atoms with Gasteiger partial charge in [-0.3, -0.25) is 4.79 Å². The predicted octanol–water partition coefficient (Wildman–Crippen LogP) is 2.13. The number of amides is 1. The van der Waals surface area contributed by atoms with E-state index in [-0.39, 0.29) is 5.91 Å². The fraction of sp³-hybridized carbons (Fsp3) is 0.421. The second-order valence-electron chi connectivity index (χ2n) is 6.19. The molecule has 1 saturated heterocycles. The van der Waals surface area contributed by atoms with Gasteiger partial charge in [-0.05, 0) is 24.3 Å². The van der Waals surface area contributed by atoms with Crippen molar-refractivity contribution < 1.29 is 19.0 Å². The second kappa shape index (κ2) is 9.57. The smallest absolute Gasteiger partial charge is 0.257 e. The lowest BCUT2D eigenvalue weighted by molar-refractivity contribution is 0.0743. The maximum atomic E-state index is 12.9. The highest BCUT2D eigenvalue weighted by molar-refractivity contribution is 6.31. The van der Waals surface area contributed by atoms with E-state index < -0.39 is 0 Å². The van der Waals surface area contributed by atoms with Crippen molar-refractivity contribution in [2.45, 2.75) is 0 Å². The summed E-state index contributed by atoms with van der Waals surface area (Å²) in [5, 5.41) is 8.80. The summed E-state index contributed by atoms with van der Waals surface area (Å²) >= 11 is 6.05. The molecular weight excluding hydrogens is 384 g/mol. The Balaban J connectivity index is 1.58. The van der Waals surface area contributed by atoms with E-state index in [2.05, 4.69) is 15.1 Å². The number of hydrogen-bond acceptors (Lipinski definition) is 7. The summed E-state index contributed by atoms with van der Waals surface area (Å²) in [5.41, 5.74) is 0.473. The van der Waals surface area contributed by atoms with E-state index >= 15 is 0 Å². The number of carbonyl (C=O) groups excluding carboxylic acids is 1. The summed E-state index contributed by atoms with van der Waals surface area (Å²) in [4.78, 5) is 16.7. The van der Waals surface area contributed by atoms with Crippen LogP contribution in [0.3, 0.4) is 0 Å². The van der Waals surface area contributed by atoms with Crippen LogP contribution in [0.2, 0.25) is 5.02 Å². The third-order valence-electron chi connectivity index (χ3n) is 4.45. The summed E-state index contributed by atoms with van der Waals surface area (Å²) < 4.78 is 15.7. The van der Waals surface area contributed by atoms with Crippen molar-refractivity contribution >= 4 is 23.3 Å². The van der Waals surface area contributed by atoms with Crippen molar-refractivity contribution in [2.24, 2.45) is 0 Å². The average molecular weight is 407 g/mol. The first-order chi connectivity index (χ1) is 13.6. The van der Waals surface area contributed by atoms with E-state index in [1.54, 1.807) is 43.4 Å². The SMILES string of the molecule is COCCOc1ccc(N2CCN(C(=O)c3cc(Cl)ccc3OC)CC2)nn1. The minimum Gasteiger partial charge on any atom is -0.496 e. The average Bonchev–Trinajstić information content (AvgIpc) is 2.74. The molecule has 0 unspecified atom stereocenters. The third-order valence-corrected chi connectivity index (χ3v) is 4.68. The Bertz CT molecular complexity index is 795. The number of nitrogens with zero attached hydrogens (tertiary/aromatic N) is 4. The zero-order chi connectivity index (χ0) is 19.9. The molecule has 0 aliphatic carbocycles. The Kier molecular flexibility index (Phi) is 6.89. The monoisotopic (exact) mass is 406 g/mol. The highest BCUT2D eigenvalue weighted by Crippen LogP contribution is 2.25. The molecule has 0 saturated carbocycles. The van der Waals surface area contributed by atoms with Crippen molar-refractivity contribution in [3.8, 4) is 11.6 Å². The Morgan fingerprint density at radius 3 is 2.50 bits per heavy atom. The van der Waals surface area contributed by atoms with Crippen molar-refractivity contribution in [1.29, 1.82) is 0 Å². The van der Waals surface area contributed by atoms with Crippen LogP contribution in [0.4, 0.5) is 5.82 Å². The molecule has 1 aliphatic rings. The molecule has 9 heteroatoms. The van der Waals surface area contributed by atoms with Gasteiger partial charge in [-0.2, -0.15) is 0 Å². The van der Waals surface area contributed by atoms with E-state index in [0.717, 1.165) is 5.82 Å². The van der Waals surface area contributed by atoms with E-state index in [4.69, 9.17) is 25.8 Å². The van der Waals surface area contributed by atoms with Crippen LogP contribution in [0, 0.1) is 0 Å². The number of carbonyl (C=O) groups is 1. The minimum absolute atomic E-state index is 0.0908. The lowest BCUT2D eigenvalue weighted by Gasteiger charge is -2.35. The number of piperazine rings is 1. The molecular formula is C19H23ClN4O4. The van der Waals surface area contributed by atoms with E-state index in [0.29, 0.717) is 61.6 Å². The molecule has 0 bridgehead atoms. The topological polar surface area (TPSA) is 77.0 Å². The summed E-state index contributed by atoms with van der Waals surface area (Å²) in [7, 11) is 3.16. The van der Waals surface area contributed by atoms with Crippen molar-refractivity contribution in [2.75, 3.05) is 58.5 Å². The fourth-order valence-electron chi connectivity index (χ4n) is 2.94. The fourth-order valence-corrected chi connectivity index (χ4v) is 3.12. The summed E-state index contributed by atoms with van der Waals surface area (Å²) in [5.74, 6) is 1.65. The quantitative estimate of drug-likeness (QED) is 0.652. The van der Waals surface area contributed by atoms with Crippen LogP contribution in [0.1, 0.15) is 10.4 Å². The highest BCUT2D eigenvalue weighted by Gasteiger charge is 2.25. The van der Waals surface area contributed by atoms with Crippen LogP contribution in [0.15, 0.2) is 30.3 Å². The van der Waals surface area contributed by atoms with E-state index in [1.807, 2.05) is 6.07 Å². The molecule has 1 aromatic heterocycles. The number of benzene rings is 1. The van der Waals surface area contributed by atoms with E-state index in [1.165, 1.54) is 0 Å². The van der Waals surface area contributed by atoms with Crippen LogP contribution in [0.5, 0.6) is 11.6 Å². The highest BCUT2D eigenvalue weighted by atomic mass is 35.5. The molecule has 0 spiro atoms. The first-order valence-electron chi connectivity index (χ1n) is 8.95. The summed E-state index contributed by atoms with van der Waals surface area (Å²) in [6.45, 7) is 3.39. The van der Waals surface area contributed by atoms with Gasteiger partial charge in [0.05, 0.1) is 19.3 Å². The molecule has 28 heavy (non-hydrogen) atoms. The molecule has 0 radical (unpaired) electrons. The molecule has 2 aromatic rings. The maximum absolute atomic E-state index is 12.9. The number of methoxy groups -OCH3 is 2.